The number of likely N-dealkylation sites (N-methyl/N-ethyl adjacent to an activating group) is 1. The van der Waals surface area contributed by atoms with Crippen LogP contribution in [0.3, 0.4) is 0 Å². The van der Waals surface area contributed by atoms with Gasteiger partial charge in [0.05, 0.1) is 23.0 Å². The molecule has 2 aliphatic rings. The molecule has 5 nitrogen and oxygen atoms in total. The molecule has 2 atom stereocenters. The summed E-state index contributed by atoms with van der Waals surface area (Å²) in [4.78, 5) is 18.2. The Balaban J connectivity index is 1.71. The summed E-state index contributed by atoms with van der Waals surface area (Å²) < 4.78 is 0. The van der Waals surface area contributed by atoms with Crippen molar-refractivity contribution in [2.75, 3.05) is 22.6 Å². The van der Waals surface area contributed by atoms with Gasteiger partial charge in [0.25, 0.3) is 0 Å². The van der Waals surface area contributed by atoms with E-state index in [2.05, 4.69) is 21.7 Å². The first-order chi connectivity index (χ1) is 10.1. The molecule has 0 aliphatic carbocycles. The van der Waals surface area contributed by atoms with Crippen molar-refractivity contribution in [1.29, 1.82) is 0 Å². The molecule has 1 aromatic heterocycles. The van der Waals surface area contributed by atoms with Crippen molar-refractivity contribution >= 4 is 23.0 Å². The van der Waals surface area contributed by atoms with Crippen molar-refractivity contribution in [3.8, 4) is 0 Å². The molecule has 0 spiro atoms. The normalized spacial score (nSPS) is 22.6. The second-order valence-corrected chi connectivity index (χ2v) is 5.55. The van der Waals surface area contributed by atoms with E-state index in [1.165, 1.54) is 0 Å². The number of anilines is 3. The van der Waals surface area contributed by atoms with Gasteiger partial charge in [-0.1, -0.05) is 6.07 Å². The molecule has 0 bridgehead atoms. The quantitative estimate of drug-likeness (QED) is 0.843. The number of aromatic nitrogens is 1. The molecule has 4 rings (SSSR count). The van der Waals surface area contributed by atoms with Gasteiger partial charge in [-0.25, -0.2) is 0 Å². The number of amides is 1. The van der Waals surface area contributed by atoms with E-state index in [0.29, 0.717) is 0 Å². The zero-order valence-electron chi connectivity index (χ0n) is 11.9. The van der Waals surface area contributed by atoms with Crippen molar-refractivity contribution in [1.82, 2.24) is 4.98 Å². The highest BCUT2D eigenvalue weighted by molar-refractivity contribution is 6.06. The van der Waals surface area contributed by atoms with E-state index in [9.17, 15) is 4.79 Å². The first kappa shape index (κ1) is 12.2. The molecule has 2 aromatic rings. The Hall–Kier alpha value is -2.56. The third-order valence-electron chi connectivity index (χ3n) is 4.28. The fraction of sp³-hybridized carbons (Fsp3) is 0.250. The molecule has 3 heterocycles. The van der Waals surface area contributed by atoms with E-state index in [4.69, 9.17) is 0 Å². The smallest absolute Gasteiger partial charge is 0.234 e. The Morgan fingerprint density at radius 3 is 2.67 bits per heavy atom. The highest BCUT2D eigenvalue weighted by Crippen LogP contribution is 2.45. The predicted molar refractivity (Wildman–Crippen MR) is 82.5 cm³/mol. The predicted octanol–water partition coefficient (Wildman–Crippen LogP) is 2.70. The van der Waals surface area contributed by atoms with Crippen LogP contribution in [0.2, 0.25) is 0 Å². The third-order valence-corrected chi connectivity index (χ3v) is 4.28. The van der Waals surface area contributed by atoms with E-state index in [1.807, 2.05) is 38.2 Å². The second kappa shape index (κ2) is 4.22. The van der Waals surface area contributed by atoms with Crippen LogP contribution in [0.15, 0.2) is 36.5 Å². The topological polar surface area (TPSA) is 57.3 Å². The number of carbonyl (C=O) groups is 1. The largest absolute Gasteiger partial charge is 0.359 e. The summed E-state index contributed by atoms with van der Waals surface area (Å²) in [6.45, 7) is 1.95. The lowest BCUT2D eigenvalue weighted by Crippen LogP contribution is -2.22. The maximum absolute atomic E-state index is 12.1. The van der Waals surface area contributed by atoms with E-state index in [-0.39, 0.29) is 18.0 Å². The van der Waals surface area contributed by atoms with E-state index < -0.39 is 0 Å². The number of carbonyl (C=O) groups excluding carboxylic acids is 1. The van der Waals surface area contributed by atoms with Gasteiger partial charge < -0.3 is 15.5 Å². The van der Waals surface area contributed by atoms with Crippen LogP contribution in [0.5, 0.6) is 0 Å². The first-order valence-corrected chi connectivity index (χ1v) is 7.04. The highest BCUT2D eigenvalue weighted by Gasteiger charge is 2.34. The average molecular weight is 280 g/mol. The lowest BCUT2D eigenvalue weighted by molar-refractivity contribution is -0.118. The Bertz CT molecular complexity index is 688. The van der Waals surface area contributed by atoms with Crippen LogP contribution in [-0.4, -0.2) is 17.9 Å². The maximum atomic E-state index is 12.1. The fourth-order valence-corrected chi connectivity index (χ4v) is 3.07. The molecule has 2 aliphatic heterocycles. The minimum Gasteiger partial charge on any atom is -0.359 e. The summed E-state index contributed by atoms with van der Waals surface area (Å²) in [5.74, 6) is 0.0703. The van der Waals surface area contributed by atoms with E-state index >= 15 is 0 Å². The van der Waals surface area contributed by atoms with Crippen molar-refractivity contribution in [2.24, 2.45) is 0 Å². The molecule has 2 N–H and O–H groups in total. The average Bonchev–Trinajstić information content (AvgIpc) is 3.02. The monoisotopic (exact) mass is 280 g/mol. The number of benzene rings is 1. The summed E-state index contributed by atoms with van der Waals surface area (Å²) in [6.07, 6.45) is 1.76. The minimum atomic E-state index is -0.0778. The van der Waals surface area contributed by atoms with Gasteiger partial charge in [0.1, 0.15) is 6.17 Å². The summed E-state index contributed by atoms with van der Waals surface area (Å²) in [5, 5.41) is 6.85. The molecule has 0 saturated heterocycles. The van der Waals surface area contributed by atoms with Gasteiger partial charge in [-0.15, -0.1) is 0 Å². The molecule has 2 unspecified atom stereocenters. The molecular formula is C16H16N4O. The lowest BCUT2D eigenvalue weighted by atomic mass is 10.0. The minimum absolute atomic E-state index is 0.0277. The second-order valence-electron chi connectivity index (χ2n) is 5.55. The van der Waals surface area contributed by atoms with Gasteiger partial charge in [-0.2, -0.15) is 0 Å². The van der Waals surface area contributed by atoms with Gasteiger partial charge in [-0.3, -0.25) is 9.78 Å². The van der Waals surface area contributed by atoms with Gasteiger partial charge >= 0.3 is 0 Å². The van der Waals surface area contributed by atoms with Gasteiger partial charge in [0, 0.05) is 18.9 Å². The number of nitrogens with zero attached hydrogens (tertiary/aromatic N) is 2. The van der Waals surface area contributed by atoms with E-state index in [0.717, 1.165) is 28.3 Å². The van der Waals surface area contributed by atoms with Crippen LogP contribution in [0.4, 0.5) is 17.1 Å². The number of pyridine rings is 1. The zero-order valence-corrected chi connectivity index (χ0v) is 11.9. The number of nitrogens with one attached hydrogen (secondary N) is 2. The molecule has 5 heteroatoms. The number of rotatable bonds is 1. The summed E-state index contributed by atoms with van der Waals surface area (Å²) in [7, 11) is 1.83. The molecule has 21 heavy (non-hydrogen) atoms. The Morgan fingerprint density at radius 1 is 1.19 bits per heavy atom. The molecule has 106 valence electrons. The number of hydrogen-bond acceptors (Lipinski definition) is 4. The first-order valence-electron chi connectivity index (χ1n) is 7.04. The Morgan fingerprint density at radius 2 is 1.95 bits per heavy atom. The summed E-state index contributed by atoms with van der Waals surface area (Å²) in [6, 6.07) is 9.99. The Labute approximate surface area is 123 Å². The fourth-order valence-electron chi connectivity index (χ4n) is 3.07. The molecule has 0 saturated carbocycles. The third kappa shape index (κ3) is 1.70. The molecular weight excluding hydrogens is 264 g/mol. The van der Waals surface area contributed by atoms with Crippen LogP contribution in [0, 0.1) is 0 Å². The standard InChI is InChI=1S/C16H16N4O/c1-9-10-7-12-13(8-14(10)20(2)16(9)21)19-15(18-12)11-5-3-4-6-17-11/h3-9,15,18-19H,1-2H3. The molecule has 1 amide bonds. The van der Waals surface area contributed by atoms with E-state index in [1.54, 1.807) is 11.1 Å². The van der Waals surface area contributed by atoms with Crippen LogP contribution >= 0.6 is 0 Å². The van der Waals surface area contributed by atoms with Crippen LogP contribution in [-0.2, 0) is 4.79 Å². The molecule has 0 fully saturated rings. The van der Waals surface area contributed by atoms with Crippen LogP contribution < -0.4 is 15.5 Å². The summed E-state index contributed by atoms with van der Waals surface area (Å²) >= 11 is 0. The molecule has 0 radical (unpaired) electrons. The lowest BCUT2D eigenvalue weighted by Gasteiger charge is -2.11. The SMILES string of the molecule is CC1C(=O)N(C)c2cc3c(cc21)NC(c1ccccn1)N3. The maximum Gasteiger partial charge on any atom is 0.234 e. The van der Waals surface area contributed by atoms with Crippen molar-refractivity contribution in [3.05, 3.63) is 47.8 Å². The highest BCUT2D eigenvalue weighted by atomic mass is 16.2. The molecule has 1 aromatic carbocycles. The van der Waals surface area contributed by atoms with Gasteiger partial charge in [-0.05, 0) is 36.8 Å². The van der Waals surface area contributed by atoms with Crippen molar-refractivity contribution < 1.29 is 4.79 Å². The number of hydrogen-bond donors (Lipinski definition) is 2. The van der Waals surface area contributed by atoms with Crippen molar-refractivity contribution in [3.63, 3.8) is 0 Å². The van der Waals surface area contributed by atoms with Crippen molar-refractivity contribution in [2.45, 2.75) is 19.0 Å². The van der Waals surface area contributed by atoms with Crippen LogP contribution in [0.1, 0.15) is 30.3 Å². The number of fused-ring (bicyclic) bond motifs is 2. The zero-order chi connectivity index (χ0) is 14.6. The summed E-state index contributed by atoms with van der Waals surface area (Å²) in [5.41, 5.74) is 5.06. The van der Waals surface area contributed by atoms with Crippen LogP contribution in [0.25, 0.3) is 0 Å². The van der Waals surface area contributed by atoms with Gasteiger partial charge in [0.15, 0.2) is 0 Å². The Kier molecular flexibility index (Phi) is 2.45. The van der Waals surface area contributed by atoms with Gasteiger partial charge in [0.2, 0.25) is 5.91 Å².